The van der Waals surface area contributed by atoms with Crippen LogP contribution < -0.4 is 4.72 Å². The average Bonchev–Trinajstić information content (AvgIpc) is 2.71. The largest absolute Gasteiger partial charge is 0.276 e. The summed E-state index contributed by atoms with van der Waals surface area (Å²) in [6.45, 7) is 7.51. The standard InChI is InChI=1S/C14H19N3O2S/c1-9-6-10(2)12(4)14(11(9)3)20(18,19)16-13-7-15-17(5)8-13/h6-8,16H,1-5H3. The van der Waals surface area contributed by atoms with Crippen molar-refractivity contribution >= 4 is 15.7 Å². The average molecular weight is 293 g/mol. The van der Waals surface area contributed by atoms with Crippen molar-refractivity contribution in [1.29, 1.82) is 0 Å². The molecule has 0 aliphatic heterocycles. The van der Waals surface area contributed by atoms with Crippen molar-refractivity contribution in [2.75, 3.05) is 4.72 Å². The van der Waals surface area contributed by atoms with Gasteiger partial charge in [-0.15, -0.1) is 0 Å². The molecular weight excluding hydrogens is 274 g/mol. The summed E-state index contributed by atoms with van der Waals surface area (Å²) < 4.78 is 29.4. The zero-order valence-corrected chi connectivity index (χ0v) is 13.2. The summed E-state index contributed by atoms with van der Waals surface area (Å²) in [7, 11) is -1.87. The molecule has 20 heavy (non-hydrogen) atoms. The number of hydrogen-bond acceptors (Lipinski definition) is 3. The number of aromatic nitrogens is 2. The van der Waals surface area contributed by atoms with Gasteiger partial charge in [0.15, 0.2) is 0 Å². The van der Waals surface area contributed by atoms with E-state index in [-0.39, 0.29) is 0 Å². The van der Waals surface area contributed by atoms with E-state index in [4.69, 9.17) is 0 Å². The van der Waals surface area contributed by atoms with Crippen LogP contribution in [0.2, 0.25) is 0 Å². The summed E-state index contributed by atoms with van der Waals surface area (Å²) in [5, 5.41) is 3.96. The van der Waals surface area contributed by atoms with Gasteiger partial charge in [0.1, 0.15) is 0 Å². The van der Waals surface area contributed by atoms with Crippen molar-refractivity contribution in [3.05, 3.63) is 40.7 Å². The van der Waals surface area contributed by atoms with Gasteiger partial charge in [0.25, 0.3) is 10.0 Å². The van der Waals surface area contributed by atoms with Crippen LogP contribution in [-0.4, -0.2) is 18.2 Å². The number of anilines is 1. The molecule has 0 amide bonds. The predicted octanol–water partition coefficient (Wildman–Crippen LogP) is 2.45. The number of nitrogens with zero attached hydrogens (tertiary/aromatic N) is 2. The van der Waals surface area contributed by atoms with Gasteiger partial charge in [0, 0.05) is 13.2 Å². The maximum Gasteiger partial charge on any atom is 0.262 e. The molecular formula is C14H19N3O2S. The van der Waals surface area contributed by atoms with Gasteiger partial charge in [-0.05, 0) is 49.9 Å². The summed E-state index contributed by atoms with van der Waals surface area (Å²) in [5.74, 6) is 0. The highest BCUT2D eigenvalue weighted by molar-refractivity contribution is 7.92. The minimum atomic E-state index is -3.61. The molecule has 2 aromatic rings. The molecule has 5 nitrogen and oxygen atoms in total. The first-order valence-corrected chi connectivity index (χ1v) is 7.79. The van der Waals surface area contributed by atoms with E-state index in [2.05, 4.69) is 9.82 Å². The number of aryl methyl sites for hydroxylation is 3. The zero-order valence-electron chi connectivity index (χ0n) is 12.4. The van der Waals surface area contributed by atoms with Crippen molar-refractivity contribution in [2.45, 2.75) is 32.6 Å². The van der Waals surface area contributed by atoms with Gasteiger partial charge in [-0.25, -0.2) is 8.42 Å². The topological polar surface area (TPSA) is 64.0 Å². The molecule has 0 saturated heterocycles. The second kappa shape index (κ2) is 4.94. The van der Waals surface area contributed by atoms with E-state index < -0.39 is 10.0 Å². The summed E-state index contributed by atoms with van der Waals surface area (Å²) in [5.41, 5.74) is 3.97. The van der Waals surface area contributed by atoms with Gasteiger partial charge in [-0.2, -0.15) is 5.10 Å². The van der Waals surface area contributed by atoms with E-state index >= 15 is 0 Å². The SMILES string of the molecule is Cc1cc(C)c(C)c(S(=O)(=O)Nc2cnn(C)c2)c1C. The Balaban J connectivity index is 2.55. The normalized spacial score (nSPS) is 11.7. The van der Waals surface area contributed by atoms with Crippen LogP contribution in [0.15, 0.2) is 23.4 Å². The summed E-state index contributed by atoms with van der Waals surface area (Å²) >= 11 is 0. The lowest BCUT2D eigenvalue weighted by Gasteiger charge is -2.16. The molecule has 0 saturated carbocycles. The zero-order chi connectivity index (χ0) is 15.1. The van der Waals surface area contributed by atoms with Crippen molar-refractivity contribution in [2.24, 2.45) is 7.05 Å². The van der Waals surface area contributed by atoms with E-state index in [0.29, 0.717) is 10.6 Å². The first-order chi connectivity index (χ1) is 9.22. The predicted molar refractivity (Wildman–Crippen MR) is 79.4 cm³/mol. The van der Waals surface area contributed by atoms with Crippen molar-refractivity contribution in [3.8, 4) is 0 Å². The Bertz CT molecular complexity index is 735. The minimum absolute atomic E-state index is 0.360. The number of sulfonamides is 1. The lowest BCUT2D eigenvalue weighted by Crippen LogP contribution is -2.16. The van der Waals surface area contributed by atoms with Crippen LogP contribution in [-0.2, 0) is 17.1 Å². The highest BCUT2D eigenvalue weighted by Gasteiger charge is 2.22. The molecule has 0 spiro atoms. The molecule has 0 aliphatic rings. The number of benzene rings is 1. The fourth-order valence-electron chi connectivity index (χ4n) is 2.26. The molecule has 0 atom stereocenters. The minimum Gasteiger partial charge on any atom is -0.276 e. The fraction of sp³-hybridized carbons (Fsp3) is 0.357. The van der Waals surface area contributed by atoms with E-state index in [1.807, 2.05) is 33.8 Å². The quantitative estimate of drug-likeness (QED) is 0.945. The van der Waals surface area contributed by atoms with Crippen LogP contribution >= 0.6 is 0 Å². The van der Waals surface area contributed by atoms with Crippen LogP contribution in [0.5, 0.6) is 0 Å². The molecule has 0 radical (unpaired) electrons. The van der Waals surface area contributed by atoms with Crippen LogP contribution in [0.1, 0.15) is 22.3 Å². The fourth-order valence-corrected chi connectivity index (χ4v) is 3.91. The Morgan fingerprint density at radius 2 is 1.65 bits per heavy atom. The van der Waals surface area contributed by atoms with Crippen LogP contribution in [0, 0.1) is 27.7 Å². The van der Waals surface area contributed by atoms with Gasteiger partial charge in [0.2, 0.25) is 0 Å². The Labute approximate surface area is 119 Å². The first kappa shape index (κ1) is 14.6. The molecule has 0 bridgehead atoms. The number of rotatable bonds is 3. The number of nitrogens with one attached hydrogen (secondary N) is 1. The lowest BCUT2D eigenvalue weighted by atomic mass is 10.0. The van der Waals surface area contributed by atoms with Gasteiger partial charge >= 0.3 is 0 Å². The molecule has 0 fully saturated rings. The maximum atomic E-state index is 12.6. The smallest absolute Gasteiger partial charge is 0.262 e. The molecule has 1 heterocycles. The molecule has 0 aliphatic carbocycles. The molecule has 0 unspecified atom stereocenters. The van der Waals surface area contributed by atoms with E-state index in [1.54, 1.807) is 17.9 Å². The Morgan fingerprint density at radius 3 is 2.10 bits per heavy atom. The third kappa shape index (κ3) is 2.56. The van der Waals surface area contributed by atoms with Crippen molar-refractivity contribution < 1.29 is 8.42 Å². The molecule has 2 rings (SSSR count). The number of hydrogen-bond donors (Lipinski definition) is 1. The Morgan fingerprint density at radius 1 is 1.10 bits per heavy atom. The Hall–Kier alpha value is -1.82. The molecule has 1 aromatic carbocycles. The summed E-state index contributed by atoms with van der Waals surface area (Å²) in [6, 6.07) is 2.01. The van der Waals surface area contributed by atoms with Crippen LogP contribution in [0.25, 0.3) is 0 Å². The van der Waals surface area contributed by atoms with Crippen molar-refractivity contribution in [1.82, 2.24) is 9.78 Å². The molecule has 1 aromatic heterocycles. The van der Waals surface area contributed by atoms with E-state index in [1.165, 1.54) is 6.20 Å². The third-order valence-corrected chi connectivity index (χ3v) is 5.18. The lowest BCUT2D eigenvalue weighted by molar-refractivity contribution is 0.599. The van der Waals surface area contributed by atoms with Crippen molar-refractivity contribution in [3.63, 3.8) is 0 Å². The highest BCUT2D eigenvalue weighted by Crippen LogP contribution is 2.27. The Kier molecular flexibility index (Phi) is 3.60. The van der Waals surface area contributed by atoms with E-state index in [0.717, 1.165) is 22.3 Å². The van der Waals surface area contributed by atoms with Crippen LogP contribution in [0.3, 0.4) is 0 Å². The van der Waals surface area contributed by atoms with Gasteiger partial charge < -0.3 is 0 Å². The monoisotopic (exact) mass is 293 g/mol. The van der Waals surface area contributed by atoms with Gasteiger partial charge in [-0.3, -0.25) is 9.40 Å². The third-order valence-electron chi connectivity index (χ3n) is 3.52. The molecule has 108 valence electrons. The summed E-state index contributed by atoms with van der Waals surface area (Å²) in [6.07, 6.45) is 3.12. The van der Waals surface area contributed by atoms with Gasteiger partial charge in [0.05, 0.1) is 16.8 Å². The van der Waals surface area contributed by atoms with Crippen LogP contribution in [0.4, 0.5) is 5.69 Å². The second-order valence-electron chi connectivity index (χ2n) is 5.10. The first-order valence-electron chi connectivity index (χ1n) is 6.31. The highest BCUT2D eigenvalue weighted by atomic mass is 32.2. The molecule has 1 N–H and O–H groups in total. The molecule has 6 heteroatoms. The van der Waals surface area contributed by atoms with Gasteiger partial charge in [-0.1, -0.05) is 6.07 Å². The second-order valence-corrected chi connectivity index (χ2v) is 6.72. The summed E-state index contributed by atoms with van der Waals surface area (Å²) in [4.78, 5) is 0.360. The maximum absolute atomic E-state index is 12.6. The van der Waals surface area contributed by atoms with E-state index in [9.17, 15) is 8.42 Å².